The number of nitrogens with zero attached hydrogens (tertiary/aromatic N) is 2. The van der Waals surface area contributed by atoms with Crippen molar-refractivity contribution in [3.05, 3.63) is 51.6 Å². The Morgan fingerprint density at radius 2 is 2.22 bits per heavy atom. The fourth-order valence-electron chi connectivity index (χ4n) is 3.96. The van der Waals surface area contributed by atoms with Gasteiger partial charge in [-0.05, 0) is 62.8 Å². The molecule has 1 aliphatic heterocycles. The summed E-state index contributed by atoms with van der Waals surface area (Å²) < 4.78 is 22.1. The third-order valence-corrected chi connectivity index (χ3v) is 7.20. The van der Waals surface area contributed by atoms with Crippen molar-refractivity contribution in [1.82, 2.24) is 14.9 Å². The van der Waals surface area contributed by atoms with Gasteiger partial charge in [0, 0.05) is 17.0 Å². The Morgan fingerprint density at radius 1 is 1.38 bits per heavy atom. The van der Waals surface area contributed by atoms with Gasteiger partial charge in [0.05, 0.1) is 23.9 Å². The monoisotopic (exact) mass is 459 g/mol. The van der Waals surface area contributed by atoms with E-state index in [1.807, 2.05) is 19.9 Å². The normalized spacial score (nSPS) is 17.3. The molecule has 0 radical (unpaired) electrons. The third-order valence-electron chi connectivity index (χ3n) is 6.02. The molecule has 2 unspecified atom stereocenters. The number of aryl methyl sites for hydroxylation is 1. The molecule has 3 aromatic rings. The van der Waals surface area contributed by atoms with E-state index in [1.54, 1.807) is 12.1 Å². The number of halogens is 1. The van der Waals surface area contributed by atoms with Gasteiger partial charge >= 0.3 is 0 Å². The van der Waals surface area contributed by atoms with E-state index in [0.717, 1.165) is 24.3 Å². The Morgan fingerprint density at radius 3 is 2.94 bits per heavy atom. The van der Waals surface area contributed by atoms with E-state index < -0.39 is 5.82 Å². The Balaban J connectivity index is 1.48. The average molecular weight is 460 g/mol. The van der Waals surface area contributed by atoms with E-state index in [1.165, 1.54) is 34.7 Å². The van der Waals surface area contributed by atoms with Crippen LogP contribution in [0.3, 0.4) is 0 Å². The van der Waals surface area contributed by atoms with E-state index in [-0.39, 0.29) is 23.3 Å². The number of aromatic nitrogens is 2. The highest BCUT2D eigenvalue weighted by Crippen LogP contribution is 2.25. The molecule has 32 heavy (non-hydrogen) atoms. The van der Waals surface area contributed by atoms with Crippen molar-refractivity contribution in [3.63, 3.8) is 0 Å². The summed E-state index contributed by atoms with van der Waals surface area (Å²) >= 11 is 1.39. The molecule has 2 aromatic heterocycles. The molecule has 1 aliphatic rings. The standard InChI is InChI=1S/C24H30FN3O3S/c1-15(2)21(29)7-6-18-13-20-23(32-18)24(30)28(14-27-20)17-5-8-22(19(25)12-17)31-11-9-16-4-3-10-26-16/h5,8,12-16,21,26,29H,3-4,6-7,9-11H2,1-2H3. The van der Waals surface area contributed by atoms with E-state index in [4.69, 9.17) is 4.74 Å². The maximum atomic E-state index is 14.6. The molecule has 1 aromatic carbocycles. The van der Waals surface area contributed by atoms with Crippen LogP contribution in [-0.2, 0) is 6.42 Å². The summed E-state index contributed by atoms with van der Waals surface area (Å²) in [5.74, 6) is -0.111. The second kappa shape index (κ2) is 10.1. The second-order valence-corrected chi connectivity index (χ2v) is 9.88. The highest BCUT2D eigenvalue weighted by atomic mass is 32.1. The van der Waals surface area contributed by atoms with Gasteiger partial charge in [-0.25, -0.2) is 9.37 Å². The van der Waals surface area contributed by atoms with Crippen molar-refractivity contribution in [1.29, 1.82) is 0 Å². The Kier molecular flexibility index (Phi) is 7.23. The fourth-order valence-corrected chi connectivity index (χ4v) is 5.02. The molecule has 1 saturated heterocycles. The molecule has 4 rings (SSSR count). The number of ether oxygens (including phenoxy) is 1. The van der Waals surface area contributed by atoms with Crippen LogP contribution in [0.2, 0.25) is 0 Å². The summed E-state index contributed by atoms with van der Waals surface area (Å²) in [6.07, 6.45) is 5.54. The van der Waals surface area contributed by atoms with Crippen LogP contribution in [0.15, 0.2) is 35.4 Å². The first-order valence-corrected chi connectivity index (χ1v) is 12.1. The minimum Gasteiger partial charge on any atom is -0.490 e. The number of aliphatic hydroxyl groups is 1. The van der Waals surface area contributed by atoms with Crippen LogP contribution in [0.1, 0.15) is 44.4 Å². The van der Waals surface area contributed by atoms with Gasteiger partial charge in [-0.1, -0.05) is 13.8 Å². The lowest BCUT2D eigenvalue weighted by Gasteiger charge is -2.13. The lowest BCUT2D eigenvalue weighted by Crippen LogP contribution is -2.23. The van der Waals surface area contributed by atoms with Crippen molar-refractivity contribution >= 4 is 21.6 Å². The van der Waals surface area contributed by atoms with Crippen LogP contribution in [0.25, 0.3) is 15.9 Å². The van der Waals surface area contributed by atoms with Crippen LogP contribution < -0.4 is 15.6 Å². The molecule has 6 nitrogen and oxygen atoms in total. The molecule has 0 spiro atoms. The summed E-state index contributed by atoms with van der Waals surface area (Å²) in [4.78, 5) is 18.4. The molecule has 2 N–H and O–H groups in total. The number of nitrogens with one attached hydrogen (secondary N) is 1. The quantitative estimate of drug-likeness (QED) is 0.505. The molecule has 2 atom stereocenters. The SMILES string of the molecule is CC(C)C(O)CCc1cc2ncn(-c3ccc(OCCC4CCCN4)c(F)c3)c(=O)c2s1. The van der Waals surface area contributed by atoms with Crippen molar-refractivity contribution in [2.45, 2.75) is 58.1 Å². The highest BCUT2D eigenvalue weighted by Gasteiger charge is 2.16. The minimum atomic E-state index is -0.497. The largest absolute Gasteiger partial charge is 0.490 e. The molecule has 3 heterocycles. The van der Waals surface area contributed by atoms with E-state index in [2.05, 4.69) is 10.3 Å². The van der Waals surface area contributed by atoms with Crippen LogP contribution in [0.4, 0.5) is 4.39 Å². The summed E-state index contributed by atoms with van der Waals surface area (Å²) in [6, 6.07) is 6.89. The lowest BCUT2D eigenvalue weighted by molar-refractivity contribution is 0.117. The van der Waals surface area contributed by atoms with Crippen molar-refractivity contribution in [3.8, 4) is 11.4 Å². The van der Waals surface area contributed by atoms with Crippen molar-refractivity contribution < 1.29 is 14.2 Å². The van der Waals surface area contributed by atoms with Gasteiger partial charge in [0.2, 0.25) is 0 Å². The topological polar surface area (TPSA) is 76.4 Å². The van der Waals surface area contributed by atoms with Crippen LogP contribution in [-0.4, -0.2) is 40.0 Å². The lowest BCUT2D eigenvalue weighted by atomic mass is 10.0. The van der Waals surface area contributed by atoms with Gasteiger partial charge in [-0.3, -0.25) is 9.36 Å². The van der Waals surface area contributed by atoms with Gasteiger partial charge in [0.25, 0.3) is 5.56 Å². The molecular formula is C24H30FN3O3S. The Hall–Kier alpha value is -2.29. The molecule has 0 saturated carbocycles. The molecular weight excluding hydrogens is 429 g/mol. The number of hydrogen-bond acceptors (Lipinski definition) is 6. The Bertz CT molecular complexity index is 1120. The number of thiophene rings is 1. The van der Waals surface area contributed by atoms with Gasteiger partial charge in [0.15, 0.2) is 11.6 Å². The molecule has 172 valence electrons. The predicted octanol–water partition coefficient (Wildman–Crippen LogP) is 4.06. The van der Waals surface area contributed by atoms with Crippen LogP contribution >= 0.6 is 11.3 Å². The number of benzene rings is 1. The predicted molar refractivity (Wildman–Crippen MR) is 125 cm³/mol. The number of fused-ring (bicyclic) bond motifs is 1. The summed E-state index contributed by atoms with van der Waals surface area (Å²) in [5, 5.41) is 13.4. The zero-order chi connectivity index (χ0) is 22.7. The first kappa shape index (κ1) is 22.9. The summed E-state index contributed by atoms with van der Waals surface area (Å²) in [5.41, 5.74) is 0.819. The maximum Gasteiger partial charge on any atom is 0.275 e. The van der Waals surface area contributed by atoms with E-state index in [0.29, 0.717) is 41.4 Å². The Labute approximate surface area is 191 Å². The van der Waals surface area contributed by atoms with Gasteiger partial charge in [-0.2, -0.15) is 0 Å². The first-order chi connectivity index (χ1) is 15.4. The molecule has 1 fully saturated rings. The van der Waals surface area contributed by atoms with Gasteiger partial charge in [0.1, 0.15) is 11.0 Å². The van der Waals surface area contributed by atoms with Crippen LogP contribution in [0, 0.1) is 11.7 Å². The third kappa shape index (κ3) is 5.19. The first-order valence-electron chi connectivity index (χ1n) is 11.3. The molecule has 8 heteroatoms. The summed E-state index contributed by atoms with van der Waals surface area (Å²) in [6.45, 7) is 5.45. The number of rotatable bonds is 9. The van der Waals surface area contributed by atoms with Crippen LogP contribution in [0.5, 0.6) is 5.75 Å². The minimum absolute atomic E-state index is 0.191. The molecule has 0 aliphatic carbocycles. The van der Waals surface area contributed by atoms with Gasteiger partial charge in [-0.15, -0.1) is 11.3 Å². The number of aliphatic hydroxyl groups excluding tert-OH is 1. The van der Waals surface area contributed by atoms with E-state index >= 15 is 0 Å². The smallest absolute Gasteiger partial charge is 0.275 e. The molecule has 0 bridgehead atoms. The van der Waals surface area contributed by atoms with Crippen molar-refractivity contribution in [2.75, 3.05) is 13.2 Å². The van der Waals surface area contributed by atoms with Gasteiger partial charge < -0.3 is 15.2 Å². The maximum absolute atomic E-state index is 14.6. The zero-order valence-electron chi connectivity index (χ0n) is 18.5. The summed E-state index contributed by atoms with van der Waals surface area (Å²) in [7, 11) is 0. The van der Waals surface area contributed by atoms with E-state index in [9.17, 15) is 14.3 Å². The highest BCUT2D eigenvalue weighted by molar-refractivity contribution is 7.18. The number of hydrogen-bond donors (Lipinski definition) is 2. The van der Waals surface area contributed by atoms with Crippen molar-refractivity contribution in [2.24, 2.45) is 5.92 Å². The average Bonchev–Trinajstić information content (AvgIpc) is 3.43. The second-order valence-electron chi connectivity index (χ2n) is 8.74. The molecule has 0 amide bonds. The fraction of sp³-hybridized carbons (Fsp3) is 0.500. The zero-order valence-corrected chi connectivity index (χ0v) is 19.3.